The van der Waals surface area contributed by atoms with Crippen molar-refractivity contribution < 1.29 is 0 Å². The monoisotopic (exact) mass is 351 g/mol. The molecule has 1 aromatic carbocycles. The Morgan fingerprint density at radius 3 is 2.62 bits per heavy atom. The first-order chi connectivity index (χ1) is 9.22. The number of allylic oxidation sites excluding steroid dienone is 1. The Morgan fingerprint density at radius 1 is 1.33 bits per heavy atom. The van der Waals surface area contributed by atoms with Gasteiger partial charge >= 0.3 is 0 Å². The van der Waals surface area contributed by atoms with Crippen LogP contribution in [0.25, 0.3) is 0 Å². The fraction of sp³-hybridized carbons (Fsp3) is 0.467. The number of nitrogens with one attached hydrogen (secondary N) is 1. The van der Waals surface area contributed by atoms with E-state index >= 15 is 0 Å². The Kier molecular flexibility index (Phi) is 10.1. The molecule has 6 heteroatoms. The third kappa shape index (κ3) is 5.68. The van der Waals surface area contributed by atoms with E-state index in [0.29, 0.717) is 6.04 Å². The van der Waals surface area contributed by atoms with Gasteiger partial charge in [-0.15, -0.1) is 31.4 Å². The second kappa shape index (κ2) is 10.3. The molecule has 3 nitrogen and oxygen atoms in total. The summed E-state index contributed by atoms with van der Waals surface area (Å²) >= 11 is 6.13. The van der Waals surface area contributed by atoms with Crippen LogP contribution in [0.4, 0.5) is 5.69 Å². The number of piperazine rings is 1. The van der Waals surface area contributed by atoms with Gasteiger partial charge in [0.2, 0.25) is 0 Å². The smallest absolute Gasteiger partial charge is 0.0410 e. The molecule has 1 aliphatic rings. The molecule has 0 bridgehead atoms. The first kappa shape index (κ1) is 20.6. The minimum atomic E-state index is 0. The molecular weight excluding hydrogens is 329 g/mol. The molecule has 0 aromatic heterocycles. The Labute approximate surface area is 144 Å². The van der Waals surface area contributed by atoms with Crippen molar-refractivity contribution >= 4 is 42.1 Å². The van der Waals surface area contributed by atoms with E-state index in [2.05, 4.69) is 16.8 Å². The molecule has 0 saturated carbocycles. The van der Waals surface area contributed by atoms with Gasteiger partial charge in [-0.05, 0) is 36.6 Å². The number of hydrogen-bond donors (Lipinski definition) is 2. The number of nitrogen functional groups attached to an aromatic ring is 1. The van der Waals surface area contributed by atoms with E-state index in [0.717, 1.165) is 55.3 Å². The summed E-state index contributed by atoms with van der Waals surface area (Å²) in [7, 11) is 0. The molecule has 1 aliphatic heterocycles. The lowest BCUT2D eigenvalue weighted by molar-refractivity contribution is 0.166. The van der Waals surface area contributed by atoms with Crippen molar-refractivity contribution in [3.63, 3.8) is 0 Å². The molecular formula is C15H24Cl3N3. The average molecular weight is 353 g/mol. The van der Waals surface area contributed by atoms with Gasteiger partial charge in [0.1, 0.15) is 0 Å². The Bertz CT molecular complexity index is 434. The maximum absolute atomic E-state index is 6.14. The molecule has 2 rings (SSSR count). The molecule has 1 fully saturated rings. The van der Waals surface area contributed by atoms with Gasteiger partial charge in [0, 0.05) is 42.9 Å². The number of benzene rings is 1. The van der Waals surface area contributed by atoms with Crippen LogP contribution in [0.15, 0.2) is 30.9 Å². The largest absolute Gasteiger partial charge is 0.398 e. The van der Waals surface area contributed by atoms with E-state index in [1.54, 1.807) is 0 Å². The lowest BCUT2D eigenvalue weighted by Gasteiger charge is -2.35. The van der Waals surface area contributed by atoms with Crippen LogP contribution in [-0.4, -0.2) is 31.1 Å². The number of rotatable bonds is 5. The first-order valence-corrected chi connectivity index (χ1v) is 7.20. The number of halogens is 3. The molecule has 120 valence electrons. The number of anilines is 1. The average Bonchev–Trinajstić information content (AvgIpc) is 2.44. The molecule has 21 heavy (non-hydrogen) atoms. The van der Waals surface area contributed by atoms with Crippen LogP contribution < -0.4 is 11.1 Å². The molecule has 0 amide bonds. The van der Waals surface area contributed by atoms with Gasteiger partial charge in [0.05, 0.1) is 0 Å². The van der Waals surface area contributed by atoms with Gasteiger partial charge in [0.25, 0.3) is 0 Å². The van der Waals surface area contributed by atoms with Crippen molar-refractivity contribution in [2.24, 2.45) is 0 Å². The van der Waals surface area contributed by atoms with Crippen LogP contribution in [0.1, 0.15) is 24.4 Å². The van der Waals surface area contributed by atoms with Crippen LogP contribution >= 0.6 is 36.4 Å². The SMILES string of the molecule is C=CCC[C@@H](c1cc(Cl)ccc1N)N1CCNCC1.Cl.Cl. The van der Waals surface area contributed by atoms with Gasteiger partial charge in [-0.1, -0.05) is 17.7 Å². The van der Waals surface area contributed by atoms with Crippen molar-refractivity contribution in [3.8, 4) is 0 Å². The number of nitrogens with zero attached hydrogens (tertiary/aromatic N) is 1. The standard InChI is InChI=1S/C15H22ClN3.2ClH/c1-2-3-4-15(19-9-7-18-8-10-19)13-11-12(16)5-6-14(13)17;;/h2,5-6,11,15,18H,1,3-4,7-10,17H2;2*1H/t15-;;/m0../s1. The van der Waals surface area contributed by atoms with Crippen LogP contribution in [-0.2, 0) is 0 Å². The van der Waals surface area contributed by atoms with Crippen molar-refractivity contribution in [2.75, 3.05) is 31.9 Å². The number of hydrogen-bond acceptors (Lipinski definition) is 3. The molecule has 1 atom stereocenters. The zero-order valence-electron chi connectivity index (χ0n) is 12.1. The topological polar surface area (TPSA) is 41.3 Å². The van der Waals surface area contributed by atoms with Crippen LogP contribution in [0.3, 0.4) is 0 Å². The van der Waals surface area contributed by atoms with Gasteiger partial charge in [-0.2, -0.15) is 0 Å². The molecule has 3 N–H and O–H groups in total. The van der Waals surface area contributed by atoms with E-state index in [1.165, 1.54) is 0 Å². The van der Waals surface area contributed by atoms with E-state index in [-0.39, 0.29) is 24.8 Å². The van der Waals surface area contributed by atoms with Crippen LogP contribution in [0.5, 0.6) is 0 Å². The van der Waals surface area contributed by atoms with Gasteiger partial charge in [0.15, 0.2) is 0 Å². The third-order valence-electron chi connectivity index (χ3n) is 3.64. The second-order valence-corrected chi connectivity index (χ2v) is 5.38. The zero-order chi connectivity index (χ0) is 13.7. The molecule has 0 radical (unpaired) electrons. The molecule has 1 heterocycles. The van der Waals surface area contributed by atoms with Crippen molar-refractivity contribution in [2.45, 2.75) is 18.9 Å². The highest BCUT2D eigenvalue weighted by Crippen LogP contribution is 2.32. The Balaban J connectivity index is 0.00000200. The summed E-state index contributed by atoms with van der Waals surface area (Å²) < 4.78 is 0. The highest BCUT2D eigenvalue weighted by molar-refractivity contribution is 6.30. The minimum absolute atomic E-state index is 0. The molecule has 0 spiro atoms. The quantitative estimate of drug-likeness (QED) is 0.627. The van der Waals surface area contributed by atoms with Gasteiger partial charge in [-0.3, -0.25) is 4.90 Å². The zero-order valence-corrected chi connectivity index (χ0v) is 14.4. The van der Waals surface area contributed by atoms with Crippen LogP contribution in [0, 0.1) is 0 Å². The fourth-order valence-electron chi connectivity index (χ4n) is 2.64. The molecule has 1 aromatic rings. The lowest BCUT2D eigenvalue weighted by Crippen LogP contribution is -2.45. The molecule has 1 saturated heterocycles. The molecule has 0 aliphatic carbocycles. The summed E-state index contributed by atoms with van der Waals surface area (Å²) in [4.78, 5) is 2.49. The van der Waals surface area contributed by atoms with E-state index in [1.807, 2.05) is 24.3 Å². The normalized spacial score (nSPS) is 16.4. The summed E-state index contributed by atoms with van der Waals surface area (Å²) in [5.74, 6) is 0. The molecule has 0 unspecified atom stereocenters. The predicted molar refractivity (Wildman–Crippen MR) is 97.0 cm³/mol. The summed E-state index contributed by atoms with van der Waals surface area (Å²) in [5, 5.41) is 4.14. The van der Waals surface area contributed by atoms with Crippen molar-refractivity contribution in [1.82, 2.24) is 10.2 Å². The minimum Gasteiger partial charge on any atom is -0.398 e. The summed E-state index contributed by atoms with van der Waals surface area (Å²) in [6.45, 7) is 7.99. The van der Waals surface area contributed by atoms with E-state index < -0.39 is 0 Å². The Hall–Kier alpha value is -0.450. The highest BCUT2D eigenvalue weighted by Gasteiger charge is 2.23. The van der Waals surface area contributed by atoms with Crippen molar-refractivity contribution in [1.29, 1.82) is 0 Å². The third-order valence-corrected chi connectivity index (χ3v) is 3.88. The van der Waals surface area contributed by atoms with E-state index in [9.17, 15) is 0 Å². The predicted octanol–water partition coefficient (Wildman–Crippen LogP) is 3.68. The summed E-state index contributed by atoms with van der Waals surface area (Å²) in [6.07, 6.45) is 3.99. The van der Waals surface area contributed by atoms with Crippen molar-refractivity contribution in [3.05, 3.63) is 41.4 Å². The van der Waals surface area contributed by atoms with Gasteiger partial charge in [-0.25, -0.2) is 0 Å². The lowest BCUT2D eigenvalue weighted by atomic mass is 9.98. The van der Waals surface area contributed by atoms with Gasteiger partial charge < -0.3 is 11.1 Å². The fourth-order valence-corrected chi connectivity index (χ4v) is 2.82. The second-order valence-electron chi connectivity index (χ2n) is 4.94. The van der Waals surface area contributed by atoms with E-state index in [4.69, 9.17) is 17.3 Å². The van der Waals surface area contributed by atoms with Crippen LogP contribution in [0.2, 0.25) is 5.02 Å². The first-order valence-electron chi connectivity index (χ1n) is 6.83. The maximum atomic E-state index is 6.14. The number of nitrogens with two attached hydrogens (primary N) is 1. The maximum Gasteiger partial charge on any atom is 0.0410 e. The summed E-state index contributed by atoms with van der Waals surface area (Å²) in [5.41, 5.74) is 8.12. The summed E-state index contributed by atoms with van der Waals surface area (Å²) in [6, 6.07) is 6.09. The Morgan fingerprint density at radius 2 is 2.00 bits per heavy atom. The highest BCUT2D eigenvalue weighted by atomic mass is 35.5.